The van der Waals surface area contributed by atoms with Crippen LogP contribution in [-0.2, 0) is 0 Å². The van der Waals surface area contributed by atoms with E-state index >= 15 is 0 Å². The van der Waals surface area contributed by atoms with E-state index in [1.54, 1.807) is 0 Å². The van der Waals surface area contributed by atoms with Gasteiger partial charge in [-0.2, -0.15) is 0 Å². The van der Waals surface area contributed by atoms with Crippen LogP contribution in [0.3, 0.4) is 0 Å². The van der Waals surface area contributed by atoms with E-state index in [9.17, 15) is 0 Å². The molecule has 1 aliphatic rings. The summed E-state index contributed by atoms with van der Waals surface area (Å²) >= 11 is 3.64. The van der Waals surface area contributed by atoms with Crippen LogP contribution in [0.2, 0.25) is 0 Å². The Bertz CT molecular complexity index is 72.6. The molecule has 0 saturated carbocycles. The van der Waals surface area contributed by atoms with Crippen molar-refractivity contribution >= 4 is 32.1 Å². The van der Waals surface area contributed by atoms with E-state index in [4.69, 9.17) is 0 Å². The molecule has 0 aromatic heterocycles. The lowest BCUT2D eigenvalue weighted by atomic mass is 10.2. The first kappa shape index (κ1) is 7.98. The summed E-state index contributed by atoms with van der Waals surface area (Å²) in [5.41, 5.74) is 0. The normalized spacial score (nSPS) is 25.0. The molecule has 0 unspecified atom stereocenters. The Morgan fingerprint density at radius 3 is 2.33 bits per heavy atom. The Hall–Kier alpha value is 0.874. The average molecular weight is 224 g/mol. The average Bonchev–Trinajstić information content (AvgIpc) is 1.91. The minimum Gasteiger partial charge on any atom is -0.331 e. The molecule has 0 amide bonds. The summed E-state index contributed by atoms with van der Waals surface area (Å²) in [5.74, 6) is 0. The predicted molar refractivity (Wildman–Crippen MR) is 51.4 cm³/mol. The Balaban J connectivity index is 2.08. The second-order valence-corrected chi connectivity index (χ2v) is 13.9. The summed E-state index contributed by atoms with van der Waals surface area (Å²) in [6.45, 7) is 2.84. The van der Waals surface area contributed by atoms with Crippen molar-refractivity contribution < 1.29 is 0 Å². The summed E-state index contributed by atoms with van der Waals surface area (Å²) in [6, 6.07) is 0. The molecule has 1 nitrogen and oxygen atoms in total. The molecule has 1 heterocycles. The molecule has 0 aromatic carbocycles. The van der Waals surface area contributed by atoms with E-state index in [-0.39, 0.29) is 16.9 Å². The molecule has 0 radical (unpaired) electrons. The third-order valence-corrected chi connectivity index (χ3v) is 8.88. The lowest BCUT2D eigenvalue weighted by Crippen LogP contribution is -2.34. The monoisotopic (exact) mass is 223 g/mol. The highest BCUT2D eigenvalue weighted by atomic mass is 79.9. The van der Waals surface area contributed by atoms with Crippen molar-refractivity contribution in [1.82, 2.24) is 4.57 Å². The summed E-state index contributed by atoms with van der Waals surface area (Å²) in [5, 5.41) is 0. The summed E-state index contributed by atoms with van der Waals surface area (Å²) in [7, 11) is 0.511. The van der Waals surface area contributed by atoms with Crippen molar-refractivity contribution in [3.8, 4) is 0 Å². The topological polar surface area (TPSA) is 3.24 Å². The first-order valence-corrected chi connectivity index (χ1v) is 12.2. The highest BCUT2D eigenvalue weighted by Gasteiger charge is 2.07. The van der Waals surface area contributed by atoms with Gasteiger partial charge in [0.1, 0.15) is 7.66 Å². The molecule has 1 aliphatic heterocycles. The molecule has 4 heteroatoms. The molecule has 0 N–H and O–H groups in total. The molecule has 0 bridgehead atoms. The van der Waals surface area contributed by atoms with E-state index in [0.29, 0.717) is 0 Å². The van der Waals surface area contributed by atoms with Crippen LogP contribution < -0.4 is 0 Å². The van der Waals surface area contributed by atoms with E-state index in [0.717, 1.165) is 0 Å². The third kappa shape index (κ3) is 2.97. The van der Waals surface area contributed by atoms with Crippen molar-refractivity contribution in [2.75, 3.05) is 13.1 Å². The Kier molecular flexibility index (Phi) is 4.12. The van der Waals surface area contributed by atoms with Gasteiger partial charge in [-0.3, -0.25) is 0 Å². The van der Waals surface area contributed by atoms with Gasteiger partial charge in [-0.05, 0) is 25.9 Å². The summed E-state index contributed by atoms with van der Waals surface area (Å²) in [4.78, 5) is 0. The lowest BCUT2D eigenvalue weighted by Gasteiger charge is -2.25. The third-order valence-electron chi connectivity index (χ3n) is 1.85. The van der Waals surface area contributed by atoms with Gasteiger partial charge < -0.3 is 4.57 Å². The molecule has 9 heavy (non-hydrogen) atoms. The minimum absolute atomic E-state index is 0.246. The Morgan fingerprint density at radius 2 is 1.78 bits per heavy atom. The van der Waals surface area contributed by atoms with Crippen molar-refractivity contribution in [3.63, 3.8) is 0 Å². The molecular weight excluding hydrogens is 210 g/mol. The molecule has 1 rings (SSSR count). The standard InChI is InChI=1S/C5H14BrNSi2/c6-8-9-7-4-2-1-3-5-7/h1-5,8-9H2. The second kappa shape index (κ2) is 4.65. The maximum absolute atomic E-state index is 3.64. The van der Waals surface area contributed by atoms with Crippen LogP contribution >= 0.6 is 15.3 Å². The maximum Gasteiger partial charge on any atom is 0.102 e. The van der Waals surface area contributed by atoms with Crippen LogP contribution in [0.25, 0.3) is 0 Å². The largest absolute Gasteiger partial charge is 0.331 e. The van der Waals surface area contributed by atoms with Crippen molar-refractivity contribution in [1.29, 1.82) is 0 Å². The van der Waals surface area contributed by atoms with Crippen LogP contribution in [0, 0.1) is 0 Å². The van der Waals surface area contributed by atoms with Gasteiger partial charge in [0.15, 0.2) is 0 Å². The zero-order valence-corrected chi connectivity index (χ0v) is 10.2. The van der Waals surface area contributed by atoms with Crippen LogP contribution in [0.5, 0.6) is 0 Å². The van der Waals surface area contributed by atoms with E-state index in [2.05, 4.69) is 19.9 Å². The van der Waals surface area contributed by atoms with E-state index in [1.807, 2.05) is 0 Å². The SMILES string of the molecule is Br[SiH2][SiH2]N1CCCCC1. The van der Waals surface area contributed by atoms with E-state index < -0.39 is 0 Å². The smallest absolute Gasteiger partial charge is 0.102 e. The molecule has 0 atom stereocenters. The number of piperidine rings is 1. The van der Waals surface area contributed by atoms with Gasteiger partial charge in [-0.25, -0.2) is 0 Å². The second-order valence-electron chi connectivity index (χ2n) is 2.59. The predicted octanol–water partition coefficient (Wildman–Crippen LogP) is -0.0502. The van der Waals surface area contributed by atoms with Gasteiger partial charge >= 0.3 is 0 Å². The van der Waals surface area contributed by atoms with Gasteiger partial charge in [0.2, 0.25) is 0 Å². The fourth-order valence-corrected chi connectivity index (χ4v) is 9.01. The molecule has 0 aromatic rings. The zero-order valence-electron chi connectivity index (χ0n) is 5.77. The quantitative estimate of drug-likeness (QED) is 0.469. The number of nitrogens with zero attached hydrogens (tertiary/aromatic N) is 1. The zero-order chi connectivity index (χ0) is 6.53. The number of rotatable bonds is 2. The summed E-state index contributed by atoms with van der Waals surface area (Å²) in [6.07, 6.45) is 4.41. The number of hydrogen-bond donors (Lipinski definition) is 0. The lowest BCUT2D eigenvalue weighted by molar-refractivity contribution is 0.365. The highest BCUT2D eigenvalue weighted by Crippen LogP contribution is 2.06. The van der Waals surface area contributed by atoms with Crippen molar-refractivity contribution in [2.24, 2.45) is 0 Å². The fourth-order valence-electron chi connectivity index (χ4n) is 1.30. The Morgan fingerprint density at radius 1 is 1.11 bits per heavy atom. The van der Waals surface area contributed by atoms with Crippen LogP contribution in [0.1, 0.15) is 19.3 Å². The fraction of sp³-hybridized carbons (Fsp3) is 1.00. The van der Waals surface area contributed by atoms with Crippen LogP contribution in [0.4, 0.5) is 0 Å². The number of halogens is 1. The minimum atomic E-state index is 0.246. The van der Waals surface area contributed by atoms with E-state index in [1.165, 1.54) is 32.4 Å². The first-order valence-electron chi connectivity index (χ1n) is 3.72. The Labute approximate surface area is 69.3 Å². The van der Waals surface area contributed by atoms with Crippen molar-refractivity contribution in [3.05, 3.63) is 0 Å². The molecule has 1 fully saturated rings. The van der Waals surface area contributed by atoms with Gasteiger partial charge in [0.25, 0.3) is 0 Å². The highest BCUT2D eigenvalue weighted by molar-refractivity contribution is 9.24. The number of hydrogen-bond acceptors (Lipinski definition) is 1. The molecule has 54 valence electrons. The molecular formula is C5H14BrNSi2. The first-order chi connectivity index (χ1) is 4.43. The molecule has 0 spiro atoms. The van der Waals surface area contributed by atoms with Crippen molar-refractivity contribution in [2.45, 2.75) is 19.3 Å². The van der Waals surface area contributed by atoms with Gasteiger partial charge in [0, 0.05) is 0 Å². The molecule has 0 aliphatic carbocycles. The van der Waals surface area contributed by atoms with Gasteiger partial charge in [-0.15, -0.1) is 15.3 Å². The van der Waals surface area contributed by atoms with Gasteiger partial charge in [-0.1, -0.05) is 6.42 Å². The van der Waals surface area contributed by atoms with Crippen LogP contribution in [-0.4, -0.2) is 34.5 Å². The summed E-state index contributed by atoms with van der Waals surface area (Å²) < 4.78 is 2.73. The molecule has 1 saturated heterocycles. The maximum atomic E-state index is 3.64. The van der Waals surface area contributed by atoms with Gasteiger partial charge in [0.05, 0.1) is 9.20 Å². The van der Waals surface area contributed by atoms with Crippen LogP contribution in [0.15, 0.2) is 0 Å².